The molecule has 0 aliphatic carbocycles. The molecule has 0 bridgehead atoms. The molecular weight excluding hydrogens is 636 g/mol. The van der Waals surface area contributed by atoms with Gasteiger partial charge in [0, 0.05) is 54.9 Å². The Morgan fingerprint density at radius 2 is 0.755 bits per heavy atom. The number of rotatable bonds is 2. The molecule has 0 saturated heterocycles. The molecule has 8 rings (SSSR count). The lowest BCUT2D eigenvalue weighted by molar-refractivity contribution is 0.349. The number of nitrogens with zero attached hydrogens (tertiary/aromatic N) is 2. The maximum Gasteiger partial charge on any atom is 0.204 e. The molecule has 0 saturated carbocycles. The van der Waals surface area contributed by atoms with Crippen molar-refractivity contribution in [1.29, 1.82) is 0 Å². The van der Waals surface area contributed by atoms with E-state index in [2.05, 4.69) is 4.98 Å². The van der Waals surface area contributed by atoms with E-state index in [1.165, 1.54) is 12.1 Å². The Morgan fingerprint density at radius 1 is 0.347 bits per heavy atom. The van der Waals surface area contributed by atoms with Crippen molar-refractivity contribution in [3.05, 3.63) is 66.9 Å². The van der Waals surface area contributed by atoms with Crippen molar-refractivity contribution in [3.8, 4) is 85.6 Å². The van der Waals surface area contributed by atoms with E-state index in [1.54, 1.807) is 18.3 Å². The Labute approximate surface area is 272 Å². The zero-order valence-electron chi connectivity index (χ0n) is 24.7. The van der Waals surface area contributed by atoms with Gasteiger partial charge in [0.1, 0.15) is 5.75 Å². The zero-order chi connectivity index (χ0) is 34.6. The minimum atomic E-state index is -1.27. The van der Waals surface area contributed by atoms with E-state index in [9.17, 15) is 56.2 Å². The third-order valence-corrected chi connectivity index (χ3v) is 8.87. The Bertz CT molecular complexity index is 2740. The van der Waals surface area contributed by atoms with Crippen molar-refractivity contribution in [2.75, 3.05) is 0 Å². The third kappa shape index (κ3) is 3.74. The van der Waals surface area contributed by atoms with Crippen molar-refractivity contribution in [3.63, 3.8) is 0 Å². The van der Waals surface area contributed by atoms with Gasteiger partial charge in [0.15, 0.2) is 34.5 Å². The lowest BCUT2D eigenvalue weighted by Crippen LogP contribution is -1.92. The number of hydrogen-bond acceptors (Lipinski definition) is 13. The third-order valence-electron chi connectivity index (χ3n) is 8.87. The predicted molar refractivity (Wildman–Crippen MR) is 179 cm³/mol. The highest BCUT2D eigenvalue weighted by Crippen LogP contribution is 2.63. The molecule has 0 radical (unpaired) electrons. The van der Waals surface area contributed by atoms with Crippen LogP contribution in [0.2, 0.25) is 0 Å². The number of phenolic OH excluding ortho intramolecular Hbond substituents is 11. The number of benzene rings is 6. The number of pyridine rings is 2. The summed E-state index contributed by atoms with van der Waals surface area (Å²) in [5, 5.41) is 117. The average Bonchev–Trinajstić information content (AvgIpc) is 3.12. The number of aromatic nitrogens is 2. The summed E-state index contributed by atoms with van der Waals surface area (Å²) in [6, 6.07) is 17.6. The summed E-state index contributed by atoms with van der Waals surface area (Å²) in [7, 11) is 0. The Hall–Kier alpha value is -7.28. The first-order chi connectivity index (χ1) is 23.4. The van der Waals surface area contributed by atoms with E-state index in [4.69, 9.17) is 4.98 Å². The molecule has 242 valence electrons. The second-order valence-corrected chi connectivity index (χ2v) is 11.4. The normalized spacial score (nSPS) is 11.8. The topological polar surface area (TPSA) is 248 Å². The summed E-state index contributed by atoms with van der Waals surface area (Å²) in [6.07, 6.45) is 1.68. The van der Waals surface area contributed by atoms with Crippen LogP contribution in [0.4, 0.5) is 0 Å². The molecule has 0 fully saturated rings. The molecule has 13 heteroatoms. The van der Waals surface area contributed by atoms with Crippen LogP contribution in [0.1, 0.15) is 0 Å². The lowest BCUT2D eigenvalue weighted by Gasteiger charge is -2.21. The quantitative estimate of drug-likeness (QED) is 0.0552. The molecule has 2 heterocycles. The maximum atomic E-state index is 11.7. The summed E-state index contributed by atoms with van der Waals surface area (Å²) in [6.45, 7) is 0. The van der Waals surface area contributed by atoms with Gasteiger partial charge in [-0.15, -0.1) is 0 Å². The molecule has 13 nitrogen and oxygen atoms in total. The van der Waals surface area contributed by atoms with Crippen LogP contribution in [0.5, 0.6) is 63.2 Å². The summed E-state index contributed by atoms with van der Waals surface area (Å²) in [5.41, 5.74) is 2.35. The van der Waals surface area contributed by atoms with E-state index in [-0.39, 0.29) is 5.56 Å². The molecule has 49 heavy (non-hydrogen) atoms. The van der Waals surface area contributed by atoms with Crippen molar-refractivity contribution < 1.29 is 56.2 Å². The monoisotopic (exact) mass is 658 g/mol. The SMILES string of the molecule is Oc1c(O)c(O)c2c(c1O)c1c(O)c(O)c(O)c(O)c1c1c(O)c(-c3ccc(-c4ccc5ccc6cccnc6c5n4)cc3)c(O)c(O)c21. The van der Waals surface area contributed by atoms with Gasteiger partial charge < -0.3 is 56.2 Å². The van der Waals surface area contributed by atoms with Gasteiger partial charge in [-0.05, 0) is 17.7 Å². The molecular formula is C36H22N2O11. The highest BCUT2D eigenvalue weighted by molar-refractivity contribution is 6.36. The van der Waals surface area contributed by atoms with Crippen molar-refractivity contribution in [2.45, 2.75) is 0 Å². The van der Waals surface area contributed by atoms with Gasteiger partial charge in [-0.3, -0.25) is 4.98 Å². The van der Waals surface area contributed by atoms with Crippen LogP contribution < -0.4 is 0 Å². The van der Waals surface area contributed by atoms with Crippen LogP contribution in [0.3, 0.4) is 0 Å². The van der Waals surface area contributed by atoms with Crippen LogP contribution in [-0.4, -0.2) is 66.1 Å². The Balaban J connectivity index is 1.42. The van der Waals surface area contributed by atoms with Crippen LogP contribution >= 0.6 is 0 Å². The van der Waals surface area contributed by atoms with E-state index in [0.717, 1.165) is 16.3 Å². The van der Waals surface area contributed by atoms with E-state index >= 15 is 0 Å². The highest BCUT2D eigenvalue weighted by atomic mass is 16.4. The van der Waals surface area contributed by atoms with Gasteiger partial charge in [-0.1, -0.05) is 48.5 Å². The first kappa shape index (κ1) is 29.1. The number of fused-ring (bicyclic) bond motifs is 9. The number of hydrogen-bond donors (Lipinski definition) is 11. The fraction of sp³-hybridized carbons (Fsp3) is 0. The second-order valence-electron chi connectivity index (χ2n) is 11.4. The van der Waals surface area contributed by atoms with Gasteiger partial charge in [0.05, 0.1) is 22.3 Å². The fourth-order valence-corrected chi connectivity index (χ4v) is 6.53. The van der Waals surface area contributed by atoms with E-state index in [1.807, 2.05) is 36.4 Å². The van der Waals surface area contributed by atoms with Crippen LogP contribution in [0, 0.1) is 0 Å². The smallest absolute Gasteiger partial charge is 0.204 e. The highest BCUT2D eigenvalue weighted by Gasteiger charge is 2.33. The van der Waals surface area contributed by atoms with Crippen molar-refractivity contribution >= 4 is 54.1 Å². The number of phenols is 11. The van der Waals surface area contributed by atoms with Crippen LogP contribution in [0.25, 0.3) is 76.5 Å². The minimum absolute atomic E-state index is 0.129. The molecule has 2 aromatic heterocycles. The molecule has 0 unspecified atom stereocenters. The maximum absolute atomic E-state index is 11.7. The summed E-state index contributed by atoms with van der Waals surface area (Å²) >= 11 is 0. The average molecular weight is 659 g/mol. The van der Waals surface area contributed by atoms with E-state index < -0.39 is 101 Å². The molecule has 0 spiro atoms. The fourth-order valence-electron chi connectivity index (χ4n) is 6.53. The lowest BCUT2D eigenvalue weighted by atomic mass is 9.87. The molecule has 8 aromatic rings. The first-order valence-corrected chi connectivity index (χ1v) is 14.5. The second kappa shape index (κ2) is 9.86. The van der Waals surface area contributed by atoms with Gasteiger partial charge in [-0.25, -0.2) is 4.98 Å². The number of aromatic hydroxyl groups is 11. The summed E-state index contributed by atoms with van der Waals surface area (Å²) in [5.74, 6) is -12.5. The van der Waals surface area contributed by atoms with Crippen molar-refractivity contribution in [2.24, 2.45) is 0 Å². The summed E-state index contributed by atoms with van der Waals surface area (Å²) in [4.78, 5) is 9.28. The molecule has 11 N–H and O–H groups in total. The van der Waals surface area contributed by atoms with Crippen molar-refractivity contribution in [1.82, 2.24) is 9.97 Å². The van der Waals surface area contributed by atoms with Gasteiger partial charge in [0.2, 0.25) is 23.0 Å². The van der Waals surface area contributed by atoms with Gasteiger partial charge in [-0.2, -0.15) is 0 Å². The molecule has 0 aliphatic rings. The van der Waals surface area contributed by atoms with Gasteiger partial charge in [0.25, 0.3) is 0 Å². The Kier molecular flexibility index (Phi) is 5.86. The molecule has 6 aromatic carbocycles. The molecule has 0 amide bonds. The minimum Gasteiger partial charge on any atom is -0.506 e. The van der Waals surface area contributed by atoms with Crippen LogP contribution in [0.15, 0.2) is 66.9 Å². The molecule has 0 aliphatic heterocycles. The molecule has 0 atom stereocenters. The van der Waals surface area contributed by atoms with Crippen LogP contribution in [-0.2, 0) is 0 Å². The van der Waals surface area contributed by atoms with Gasteiger partial charge >= 0.3 is 0 Å². The standard InChI is InChI=1S/C36H22N2O11/c39-26-17(13-5-3-12(4-6-13)16-10-9-15-8-7-14-2-1-11-37-24(14)25(15)38-16)27(40)28(41)19-18(26)20-22(31(44)35(48)33(46)29(20)42)23-21(19)30(43)34(47)36(49)32(23)45/h1-11,39-49H. The Morgan fingerprint density at radius 3 is 1.27 bits per heavy atom. The van der Waals surface area contributed by atoms with E-state index in [0.29, 0.717) is 16.8 Å². The predicted octanol–water partition coefficient (Wildman–Crippen LogP) is 6.34. The summed E-state index contributed by atoms with van der Waals surface area (Å²) < 4.78 is 0. The first-order valence-electron chi connectivity index (χ1n) is 14.5. The largest absolute Gasteiger partial charge is 0.506 e. The zero-order valence-corrected chi connectivity index (χ0v) is 24.7.